The Morgan fingerprint density at radius 3 is 2.73 bits per heavy atom. The lowest BCUT2D eigenvalue weighted by atomic mass is 9.96. The van der Waals surface area contributed by atoms with Crippen molar-refractivity contribution in [1.29, 1.82) is 0 Å². The highest BCUT2D eigenvalue weighted by Gasteiger charge is 2.61. The number of carbonyl (C=O) groups is 4. The minimum Gasteiger partial charge on any atom is -0.452 e. The minimum absolute atomic E-state index is 0.130. The number of piperidine rings is 1. The van der Waals surface area contributed by atoms with Gasteiger partial charge in [-0.15, -0.1) is 0 Å². The fourth-order valence-corrected chi connectivity index (χ4v) is 4.92. The number of ether oxygens (including phenoxy) is 1. The summed E-state index contributed by atoms with van der Waals surface area (Å²) in [5.41, 5.74) is -0.730. The van der Waals surface area contributed by atoms with E-state index in [2.05, 4.69) is 6.92 Å². The molecule has 2 fully saturated rings. The number of para-hydroxylation sites is 1. The Hall–Kier alpha value is -2.90. The number of anilines is 1. The Labute approximate surface area is 175 Å². The van der Waals surface area contributed by atoms with Gasteiger partial charge in [0.25, 0.3) is 11.8 Å². The van der Waals surface area contributed by atoms with Gasteiger partial charge in [-0.25, -0.2) is 4.79 Å². The first-order valence-electron chi connectivity index (χ1n) is 10.6. The van der Waals surface area contributed by atoms with Crippen molar-refractivity contribution >= 4 is 29.4 Å². The molecule has 0 aliphatic carbocycles. The van der Waals surface area contributed by atoms with Crippen LogP contribution in [0.1, 0.15) is 49.9 Å². The molecule has 0 radical (unpaired) electrons. The molecule has 160 valence electrons. The molecule has 1 aromatic carbocycles. The number of hydrogen-bond donors (Lipinski definition) is 0. The lowest BCUT2D eigenvalue weighted by Crippen LogP contribution is -2.68. The van der Waals surface area contributed by atoms with Crippen LogP contribution in [0.4, 0.5) is 5.69 Å². The van der Waals surface area contributed by atoms with E-state index in [9.17, 15) is 19.2 Å². The molecule has 2 saturated heterocycles. The van der Waals surface area contributed by atoms with E-state index in [0.717, 1.165) is 12.8 Å². The smallest absolute Gasteiger partial charge is 0.354 e. The molecule has 0 saturated carbocycles. The Morgan fingerprint density at radius 1 is 1.23 bits per heavy atom. The van der Waals surface area contributed by atoms with Crippen molar-refractivity contribution in [1.82, 2.24) is 9.80 Å². The van der Waals surface area contributed by atoms with E-state index >= 15 is 0 Å². The molecule has 4 rings (SSSR count). The van der Waals surface area contributed by atoms with Crippen molar-refractivity contribution in [3.63, 3.8) is 0 Å². The summed E-state index contributed by atoms with van der Waals surface area (Å²) in [5, 5.41) is 0. The van der Waals surface area contributed by atoms with Gasteiger partial charge < -0.3 is 14.5 Å². The van der Waals surface area contributed by atoms with Gasteiger partial charge in [0.15, 0.2) is 6.61 Å². The molecular formula is C22H27N3O5. The first-order chi connectivity index (χ1) is 14.4. The molecule has 8 heteroatoms. The van der Waals surface area contributed by atoms with Gasteiger partial charge in [-0.2, -0.15) is 0 Å². The number of hydrogen-bond acceptors (Lipinski definition) is 5. The van der Waals surface area contributed by atoms with Gasteiger partial charge in [0.05, 0.1) is 11.3 Å². The van der Waals surface area contributed by atoms with Gasteiger partial charge in [-0.3, -0.25) is 19.3 Å². The van der Waals surface area contributed by atoms with Crippen LogP contribution >= 0.6 is 0 Å². The number of carbonyl (C=O) groups excluding carboxylic acids is 4. The largest absolute Gasteiger partial charge is 0.452 e. The maximum atomic E-state index is 13.3. The van der Waals surface area contributed by atoms with Gasteiger partial charge in [0, 0.05) is 32.5 Å². The molecule has 3 amide bonds. The van der Waals surface area contributed by atoms with Gasteiger partial charge >= 0.3 is 5.97 Å². The molecule has 0 spiro atoms. The van der Waals surface area contributed by atoms with Crippen molar-refractivity contribution < 1.29 is 23.9 Å². The summed E-state index contributed by atoms with van der Waals surface area (Å²) in [6.07, 6.45) is 2.29. The highest BCUT2D eigenvalue weighted by atomic mass is 16.5. The second kappa shape index (κ2) is 7.74. The zero-order valence-corrected chi connectivity index (χ0v) is 17.4. The number of benzene rings is 1. The second-order valence-electron chi connectivity index (χ2n) is 8.28. The zero-order valence-electron chi connectivity index (χ0n) is 17.4. The van der Waals surface area contributed by atoms with Crippen molar-refractivity contribution in [3.05, 3.63) is 29.8 Å². The number of likely N-dealkylation sites (tertiary alicyclic amines) is 1. The summed E-state index contributed by atoms with van der Waals surface area (Å²) < 4.78 is 5.46. The normalized spacial score (nSPS) is 25.8. The Kier molecular flexibility index (Phi) is 5.26. The summed E-state index contributed by atoms with van der Waals surface area (Å²) in [4.78, 5) is 56.3. The number of esters is 1. The summed E-state index contributed by atoms with van der Waals surface area (Å²) >= 11 is 0. The second-order valence-corrected chi connectivity index (χ2v) is 8.28. The van der Waals surface area contributed by atoms with E-state index < -0.39 is 11.6 Å². The van der Waals surface area contributed by atoms with Crippen molar-refractivity contribution in [2.75, 3.05) is 31.1 Å². The van der Waals surface area contributed by atoms with E-state index in [-0.39, 0.29) is 43.7 Å². The maximum absolute atomic E-state index is 13.3. The van der Waals surface area contributed by atoms with Crippen molar-refractivity contribution in [2.45, 2.75) is 45.2 Å². The quantitative estimate of drug-likeness (QED) is 0.703. The van der Waals surface area contributed by atoms with Crippen LogP contribution in [0.25, 0.3) is 0 Å². The van der Waals surface area contributed by atoms with Crippen LogP contribution in [0.15, 0.2) is 24.3 Å². The third-order valence-electron chi connectivity index (χ3n) is 6.35. The first-order valence-corrected chi connectivity index (χ1v) is 10.6. The number of likely N-dealkylation sites (N-methyl/N-ethyl adjacent to an activating group) is 1. The molecule has 2 atom stereocenters. The average Bonchev–Trinajstić information content (AvgIpc) is 3.10. The van der Waals surface area contributed by atoms with Crippen molar-refractivity contribution in [2.24, 2.45) is 5.92 Å². The molecule has 3 aliphatic rings. The number of amides is 3. The standard InChI is InChI=1S/C22H27N3O5/c1-3-24-20(28)16-8-4-5-9-17(16)25-18(26)10-11-22(24,25)21(29)30-14-19(27)23-12-6-7-15(2)13-23/h4-5,8-9,15H,3,6-7,10-14H2,1-2H3/t15-,22-/m0/s1. The molecule has 8 nitrogen and oxygen atoms in total. The predicted molar refractivity (Wildman–Crippen MR) is 109 cm³/mol. The monoisotopic (exact) mass is 413 g/mol. The minimum atomic E-state index is -1.53. The predicted octanol–water partition coefficient (Wildman–Crippen LogP) is 1.79. The SMILES string of the molecule is CCN1C(=O)c2ccccc2N2C(=O)CC[C@]12C(=O)OCC(=O)N1CCC[C@H](C)C1. The van der Waals surface area contributed by atoms with Crippen LogP contribution in [-0.4, -0.2) is 65.4 Å². The van der Waals surface area contributed by atoms with Crippen LogP contribution in [0.3, 0.4) is 0 Å². The van der Waals surface area contributed by atoms with Gasteiger partial charge in [-0.1, -0.05) is 19.1 Å². The molecule has 3 aliphatic heterocycles. The third kappa shape index (κ3) is 3.05. The van der Waals surface area contributed by atoms with Gasteiger partial charge in [0.2, 0.25) is 11.6 Å². The Bertz CT molecular complexity index is 901. The van der Waals surface area contributed by atoms with Gasteiger partial charge in [-0.05, 0) is 37.8 Å². The molecule has 1 aromatic rings. The maximum Gasteiger partial charge on any atom is 0.354 e. The summed E-state index contributed by atoms with van der Waals surface area (Å²) in [6.45, 7) is 5.02. The molecular weight excluding hydrogens is 386 g/mol. The Balaban J connectivity index is 1.60. The van der Waals surface area contributed by atoms with Crippen LogP contribution in [0, 0.1) is 5.92 Å². The van der Waals surface area contributed by atoms with Crippen LogP contribution in [0.5, 0.6) is 0 Å². The molecule has 0 unspecified atom stereocenters. The van der Waals surface area contributed by atoms with E-state index in [1.165, 1.54) is 9.80 Å². The highest BCUT2D eigenvalue weighted by Crippen LogP contribution is 2.44. The molecule has 3 heterocycles. The first kappa shape index (κ1) is 20.4. The molecule has 30 heavy (non-hydrogen) atoms. The van der Waals surface area contributed by atoms with Crippen LogP contribution < -0.4 is 4.90 Å². The Morgan fingerprint density at radius 2 is 2.00 bits per heavy atom. The molecule has 0 bridgehead atoms. The topological polar surface area (TPSA) is 87.2 Å². The van der Waals surface area contributed by atoms with Crippen LogP contribution in [0.2, 0.25) is 0 Å². The van der Waals surface area contributed by atoms with Gasteiger partial charge in [0.1, 0.15) is 0 Å². The summed E-state index contributed by atoms with van der Waals surface area (Å²) in [5.74, 6) is -1.10. The lowest BCUT2D eigenvalue weighted by molar-refractivity contribution is -0.162. The fourth-order valence-electron chi connectivity index (χ4n) is 4.92. The van der Waals surface area contributed by atoms with E-state index in [4.69, 9.17) is 4.74 Å². The van der Waals surface area contributed by atoms with E-state index in [1.54, 1.807) is 36.1 Å². The number of nitrogens with zero attached hydrogens (tertiary/aromatic N) is 3. The number of fused-ring (bicyclic) bond motifs is 3. The zero-order chi connectivity index (χ0) is 21.5. The molecule has 0 aromatic heterocycles. The van der Waals surface area contributed by atoms with Crippen molar-refractivity contribution in [3.8, 4) is 0 Å². The van der Waals surface area contributed by atoms with E-state index in [1.807, 2.05) is 0 Å². The third-order valence-corrected chi connectivity index (χ3v) is 6.35. The van der Waals surface area contributed by atoms with E-state index in [0.29, 0.717) is 30.3 Å². The van der Waals surface area contributed by atoms with Crippen LogP contribution in [-0.2, 0) is 19.1 Å². The summed E-state index contributed by atoms with van der Waals surface area (Å²) in [6, 6.07) is 6.79. The lowest BCUT2D eigenvalue weighted by Gasteiger charge is -2.48. The summed E-state index contributed by atoms with van der Waals surface area (Å²) in [7, 11) is 0. The fraction of sp³-hybridized carbons (Fsp3) is 0.545. The average molecular weight is 413 g/mol. The molecule has 0 N–H and O–H groups in total. The number of rotatable bonds is 4. The highest BCUT2D eigenvalue weighted by molar-refractivity contribution is 6.15.